The van der Waals surface area contributed by atoms with Crippen LogP contribution in [0.15, 0.2) is 4.52 Å². The standard InChI is InChI=1S/C19H31N3O3/c1-14(2)11-18(23)22-9-7-16(12-22)19-20-17(21-25-19)8-10-24-13-15-5-3-4-6-15/h14-16H,3-13H2,1-2H3. The first kappa shape index (κ1) is 18.4. The molecule has 1 amide bonds. The third-order valence-electron chi connectivity index (χ3n) is 5.26. The van der Waals surface area contributed by atoms with Crippen LogP contribution in [0.1, 0.15) is 70.0 Å². The highest BCUT2D eigenvalue weighted by Crippen LogP contribution is 2.27. The average molecular weight is 349 g/mol. The smallest absolute Gasteiger partial charge is 0.231 e. The highest BCUT2D eigenvalue weighted by molar-refractivity contribution is 5.76. The van der Waals surface area contributed by atoms with Crippen LogP contribution >= 0.6 is 0 Å². The summed E-state index contributed by atoms with van der Waals surface area (Å²) in [5, 5.41) is 4.08. The summed E-state index contributed by atoms with van der Waals surface area (Å²) in [7, 11) is 0. The lowest BCUT2D eigenvalue weighted by Crippen LogP contribution is -2.29. The predicted octanol–water partition coefficient (Wildman–Crippen LogP) is 3.18. The van der Waals surface area contributed by atoms with Crippen LogP contribution in [-0.2, 0) is 16.0 Å². The molecule has 0 N–H and O–H groups in total. The Balaban J connectivity index is 1.40. The van der Waals surface area contributed by atoms with Crippen molar-refractivity contribution in [2.45, 2.75) is 64.7 Å². The van der Waals surface area contributed by atoms with Crippen LogP contribution in [0.2, 0.25) is 0 Å². The van der Waals surface area contributed by atoms with Crippen molar-refractivity contribution in [3.8, 4) is 0 Å². The van der Waals surface area contributed by atoms with Gasteiger partial charge < -0.3 is 14.2 Å². The number of nitrogens with zero attached hydrogens (tertiary/aromatic N) is 3. The summed E-state index contributed by atoms with van der Waals surface area (Å²) in [4.78, 5) is 18.6. The molecule has 0 spiro atoms. The van der Waals surface area contributed by atoms with E-state index in [1.807, 2.05) is 4.90 Å². The van der Waals surface area contributed by atoms with Gasteiger partial charge in [-0.15, -0.1) is 0 Å². The van der Waals surface area contributed by atoms with E-state index in [1.165, 1.54) is 25.7 Å². The van der Waals surface area contributed by atoms with E-state index < -0.39 is 0 Å². The summed E-state index contributed by atoms with van der Waals surface area (Å²) in [5.74, 6) is 2.94. The van der Waals surface area contributed by atoms with Crippen molar-refractivity contribution in [3.05, 3.63) is 11.7 Å². The normalized spacial score (nSPS) is 21.6. The monoisotopic (exact) mass is 349 g/mol. The highest BCUT2D eigenvalue weighted by Gasteiger charge is 2.31. The topological polar surface area (TPSA) is 68.5 Å². The Hall–Kier alpha value is -1.43. The molecule has 2 heterocycles. The van der Waals surface area contributed by atoms with Crippen molar-refractivity contribution in [3.63, 3.8) is 0 Å². The lowest BCUT2D eigenvalue weighted by molar-refractivity contribution is -0.130. The van der Waals surface area contributed by atoms with Crippen molar-refractivity contribution in [2.75, 3.05) is 26.3 Å². The van der Waals surface area contributed by atoms with E-state index >= 15 is 0 Å². The molecule has 0 bridgehead atoms. The Bertz CT molecular complexity index is 552. The molecular formula is C19H31N3O3. The number of ether oxygens (including phenoxy) is 1. The van der Waals surface area contributed by atoms with E-state index in [9.17, 15) is 4.79 Å². The number of hydrogen-bond acceptors (Lipinski definition) is 5. The fourth-order valence-corrected chi connectivity index (χ4v) is 3.79. The fraction of sp³-hybridized carbons (Fsp3) is 0.842. The van der Waals surface area contributed by atoms with Gasteiger partial charge in [-0.2, -0.15) is 4.98 Å². The zero-order valence-electron chi connectivity index (χ0n) is 15.6. The van der Waals surface area contributed by atoms with E-state index in [0.717, 1.165) is 25.5 Å². The molecule has 6 nitrogen and oxygen atoms in total. The number of likely N-dealkylation sites (tertiary alicyclic amines) is 1. The molecule has 2 fully saturated rings. The Morgan fingerprint density at radius 2 is 2.12 bits per heavy atom. The van der Waals surface area contributed by atoms with Crippen LogP contribution in [0.5, 0.6) is 0 Å². The highest BCUT2D eigenvalue weighted by atomic mass is 16.5. The quantitative estimate of drug-likeness (QED) is 0.674. The third-order valence-corrected chi connectivity index (χ3v) is 5.26. The zero-order valence-corrected chi connectivity index (χ0v) is 15.6. The molecule has 2 aliphatic rings. The molecule has 1 unspecified atom stereocenters. The van der Waals surface area contributed by atoms with Gasteiger partial charge in [0.25, 0.3) is 0 Å². The minimum absolute atomic E-state index is 0.178. The van der Waals surface area contributed by atoms with Crippen molar-refractivity contribution in [1.82, 2.24) is 15.0 Å². The first-order valence-corrected chi connectivity index (χ1v) is 9.80. The molecule has 25 heavy (non-hydrogen) atoms. The molecule has 3 rings (SSSR count). The van der Waals surface area contributed by atoms with Gasteiger partial charge in [-0.3, -0.25) is 4.79 Å². The Morgan fingerprint density at radius 1 is 1.32 bits per heavy atom. The molecule has 1 aliphatic carbocycles. The van der Waals surface area contributed by atoms with Crippen molar-refractivity contribution >= 4 is 5.91 Å². The molecule has 1 saturated heterocycles. The van der Waals surface area contributed by atoms with Crippen LogP contribution in [0, 0.1) is 11.8 Å². The van der Waals surface area contributed by atoms with Gasteiger partial charge in [-0.05, 0) is 31.1 Å². The van der Waals surface area contributed by atoms with Crippen LogP contribution < -0.4 is 0 Å². The second kappa shape index (κ2) is 8.79. The van der Waals surface area contributed by atoms with E-state index in [4.69, 9.17) is 9.26 Å². The number of hydrogen-bond donors (Lipinski definition) is 0. The number of carbonyl (C=O) groups excluding carboxylic acids is 1. The third kappa shape index (κ3) is 5.27. The summed E-state index contributed by atoms with van der Waals surface area (Å²) in [6.45, 7) is 7.15. The summed E-state index contributed by atoms with van der Waals surface area (Å²) in [6, 6.07) is 0. The van der Waals surface area contributed by atoms with Gasteiger partial charge in [-0.25, -0.2) is 0 Å². The van der Waals surface area contributed by atoms with E-state index in [-0.39, 0.29) is 11.8 Å². The molecular weight excluding hydrogens is 318 g/mol. The van der Waals surface area contributed by atoms with E-state index in [0.29, 0.717) is 43.6 Å². The largest absolute Gasteiger partial charge is 0.381 e. The van der Waals surface area contributed by atoms with Crippen LogP contribution in [0.4, 0.5) is 0 Å². The Morgan fingerprint density at radius 3 is 2.88 bits per heavy atom. The van der Waals surface area contributed by atoms with E-state index in [2.05, 4.69) is 24.0 Å². The fourth-order valence-electron chi connectivity index (χ4n) is 3.79. The van der Waals surface area contributed by atoms with Gasteiger partial charge in [0.1, 0.15) is 0 Å². The molecule has 1 atom stereocenters. The van der Waals surface area contributed by atoms with Crippen LogP contribution in [0.3, 0.4) is 0 Å². The van der Waals surface area contributed by atoms with Crippen molar-refractivity contribution in [2.24, 2.45) is 11.8 Å². The molecule has 1 aromatic rings. The Kier molecular flexibility index (Phi) is 6.45. The van der Waals surface area contributed by atoms with Gasteiger partial charge in [0.15, 0.2) is 5.82 Å². The molecule has 1 aliphatic heterocycles. The van der Waals surface area contributed by atoms with Gasteiger partial charge >= 0.3 is 0 Å². The number of carbonyl (C=O) groups is 1. The van der Waals surface area contributed by atoms with Gasteiger partial charge in [0, 0.05) is 32.5 Å². The summed E-state index contributed by atoms with van der Waals surface area (Å²) in [6.07, 6.45) is 7.52. The maximum atomic E-state index is 12.2. The number of aromatic nitrogens is 2. The minimum Gasteiger partial charge on any atom is -0.381 e. The van der Waals surface area contributed by atoms with Gasteiger partial charge in [0.2, 0.25) is 11.8 Å². The van der Waals surface area contributed by atoms with Crippen LogP contribution in [-0.4, -0.2) is 47.3 Å². The number of rotatable bonds is 8. The minimum atomic E-state index is 0.178. The molecule has 1 aromatic heterocycles. The molecule has 140 valence electrons. The van der Waals surface area contributed by atoms with Gasteiger partial charge in [0.05, 0.1) is 12.5 Å². The second-order valence-electron chi connectivity index (χ2n) is 7.95. The maximum absolute atomic E-state index is 12.2. The predicted molar refractivity (Wildman–Crippen MR) is 94.2 cm³/mol. The second-order valence-corrected chi connectivity index (χ2v) is 7.95. The first-order chi connectivity index (χ1) is 12.1. The lowest BCUT2D eigenvalue weighted by atomic mass is 10.1. The zero-order chi connectivity index (χ0) is 17.6. The molecule has 6 heteroatoms. The average Bonchev–Trinajstić information content (AvgIpc) is 3.30. The summed E-state index contributed by atoms with van der Waals surface area (Å²) >= 11 is 0. The molecule has 0 aromatic carbocycles. The lowest BCUT2D eigenvalue weighted by Gasteiger charge is -2.16. The first-order valence-electron chi connectivity index (χ1n) is 9.80. The maximum Gasteiger partial charge on any atom is 0.231 e. The summed E-state index contributed by atoms with van der Waals surface area (Å²) in [5.41, 5.74) is 0. The number of amides is 1. The SMILES string of the molecule is CC(C)CC(=O)N1CCC(c2nc(CCOCC3CCCC3)no2)C1. The van der Waals surface area contributed by atoms with Crippen molar-refractivity contribution < 1.29 is 14.1 Å². The molecule has 1 saturated carbocycles. The van der Waals surface area contributed by atoms with Crippen molar-refractivity contribution in [1.29, 1.82) is 0 Å². The van der Waals surface area contributed by atoms with Crippen LogP contribution in [0.25, 0.3) is 0 Å². The van der Waals surface area contributed by atoms with Gasteiger partial charge in [-0.1, -0.05) is 31.8 Å². The van der Waals surface area contributed by atoms with E-state index in [1.54, 1.807) is 0 Å². The molecule has 0 radical (unpaired) electrons. The Labute approximate surface area is 150 Å². The summed E-state index contributed by atoms with van der Waals surface area (Å²) < 4.78 is 11.2.